The van der Waals surface area contributed by atoms with E-state index in [4.69, 9.17) is 0 Å². The van der Waals surface area contributed by atoms with Crippen molar-refractivity contribution in [2.45, 2.75) is 38.0 Å². The smallest absolute Gasteiger partial charge is 0.258 e. The summed E-state index contributed by atoms with van der Waals surface area (Å²) in [5, 5.41) is 3.32. The first kappa shape index (κ1) is 17.1. The second-order valence-corrected chi connectivity index (χ2v) is 9.42. The van der Waals surface area contributed by atoms with Crippen molar-refractivity contribution < 1.29 is 13.2 Å². The maximum atomic E-state index is 12.6. The van der Waals surface area contributed by atoms with Crippen molar-refractivity contribution in [2.24, 2.45) is 5.92 Å². The summed E-state index contributed by atoms with van der Waals surface area (Å²) in [4.78, 5) is 18.4. The van der Waals surface area contributed by atoms with Gasteiger partial charge in [-0.2, -0.15) is 0 Å². The van der Waals surface area contributed by atoms with Crippen molar-refractivity contribution in [3.63, 3.8) is 0 Å². The number of aryl methyl sites for hydroxylation is 1. The molecule has 0 aliphatic heterocycles. The van der Waals surface area contributed by atoms with Crippen LogP contribution >= 0.6 is 11.3 Å². The molecule has 1 amide bonds. The molecule has 5 nitrogen and oxygen atoms in total. The number of carbonyl (C=O) groups is 1. The van der Waals surface area contributed by atoms with Gasteiger partial charge < -0.3 is 0 Å². The molecule has 1 unspecified atom stereocenters. The Morgan fingerprint density at radius 2 is 2.12 bits per heavy atom. The molecule has 1 aromatic carbocycles. The van der Waals surface area contributed by atoms with Crippen molar-refractivity contribution in [1.29, 1.82) is 0 Å². The van der Waals surface area contributed by atoms with Crippen LogP contribution in [0, 0.1) is 5.92 Å². The zero-order valence-electron chi connectivity index (χ0n) is 13.7. The first-order valence-corrected chi connectivity index (χ1v) is 10.5. The minimum absolute atomic E-state index is 0.0409. The number of benzene rings is 1. The van der Waals surface area contributed by atoms with Crippen LogP contribution in [0.4, 0.5) is 5.13 Å². The Morgan fingerprint density at radius 1 is 1.38 bits per heavy atom. The number of anilines is 1. The summed E-state index contributed by atoms with van der Waals surface area (Å²) in [5.41, 5.74) is 1.23. The summed E-state index contributed by atoms with van der Waals surface area (Å²) < 4.78 is 24.4. The summed E-state index contributed by atoms with van der Waals surface area (Å²) in [6.45, 7) is 3.78. The van der Waals surface area contributed by atoms with Gasteiger partial charge in [-0.1, -0.05) is 26.0 Å². The second-order valence-electron chi connectivity index (χ2n) is 6.09. The number of hydrogen-bond donors (Lipinski definition) is 1. The van der Waals surface area contributed by atoms with E-state index in [2.05, 4.69) is 17.2 Å². The zero-order chi connectivity index (χ0) is 17.3. The first-order valence-electron chi connectivity index (χ1n) is 8.02. The lowest BCUT2D eigenvalue weighted by Crippen LogP contribution is -2.17. The maximum absolute atomic E-state index is 12.6. The van der Waals surface area contributed by atoms with Crippen LogP contribution < -0.4 is 5.32 Å². The highest BCUT2D eigenvalue weighted by molar-refractivity contribution is 7.91. The molecule has 2 aromatic rings. The molecule has 3 rings (SSSR count). The number of nitrogens with zero attached hydrogens (tertiary/aromatic N) is 1. The number of nitrogens with one attached hydrogen (secondary N) is 1. The molecule has 7 heteroatoms. The van der Waals surface area contributed by atoms with Crippen LogP contribution in [0.5, 0.6) is 0 Å². The molecule has 0 spiro atoms. The predicted octanol–water partition coefficient (Wildman–Crippen LogP) is 3.31. The molecule has 128 valence electrons. The van der Waals surface area contributed by atoms with Gasteiger partial charge in [-0.05, 0) is 37.3 Å². The topological polar surface area (TPSA) is 76.1 Å². The number of sulfone groups is 1. The molecule has 0 saturated carbocycles. The quantitative estimate of drug-likeness (QED) is 0.903. The van der Waals surface area contributed by atoms with Crippen molar-refractivity contribution >= 4 is 32.2 Å². The number of fused-ring (bicyclic) bond motifs is 1. The maximum Gasteiger partial charge on any atom is 0.258 e. The van der Waals surface area contributed by atoms with Crippen LogP contribution in [0.1, 0.15) is 41.2 Å². The Kier molecular flexibility index (Phi) is 4.73. The number of thiazole rings is 1. The van der Waals surface area contributed by atoms with Crippen LogP contribution in [0.3, 0.4) is 0 Å². The van der Waals surface area contributed by atoms with Crippen LogP contribution in [0.25, 0.3) is 0 Å². The van der Waals surface area contributed by atoms with Crippen molar-refractivity contribution in [2.75, 3.05) is 11.1 Å². The summed E-state index contributed by atoms with van der Waals surface area (Å²) in [6, 6.07) is 6.30. The fourth-order valence-electron chi connectivity index (χ4n) is 2.84. The Bertz CT molecular complexity index is 872. The monoisotopic (exact) mass is 364 g/mol. The fraction of sp³-hybridized carbons (Fsp3) is 0.412. The van der Waals surface area contributed by atoms with Gasteiger partial charge in [-0.15, -0.1) is 11.3 Å². The number of rotatable bonds is 4. The van der Waals surface area contributed by atoms with E-state index >= 15 is 0 Å². The average molecular weight is 364 g/mol. The molecule has 0 fully saturated rings. The largest absolute Gasteiger partial charge is 0.298 e. The fourth-order valence-corrected chi connectivity index (χ4v) is 5.10. The molecule has 0 radical (unpaired) electrons. The molecule has 0 saturated heterocycles. The molecule has 24 heavy (non-hydrogen) atoms. The molecule has 1 atom stereocenters. The van der Waals surface area contributed by atoms with E-state index in [1.807, 2.05) is 0 Å². The zero-order valence-corrected chi connectivity index (χ0v) is 15.3. The number of carbonyl (C=O) groups excluding carboxylic acids is 1. The highest BCUT2D eigenvalue weighted by Crippen LogP contribution is 2.32. The molecule has 1 aliphatic carbocycles. The van der Waals surface area contributed by atoms with Crippen molar-refractivity contribution in [3.8, 4) is 0 Å². The van der Waals surface area contributed by atoms with Gasteiger partial charge in [0, 0.05) is 4.88 Å². The molecule has 1 aromatic heterocycles. The molecular weight excluding hydrogens is 344 g/mol. The Morgan fingerprint density at radius 3 is 2.88 bits per heavy atom. The van der Waals surface area contributed by atoms with Crippen LogP contribution in [-0.4, -0.2) is 25.1 Å². The van der Waals surface area contributed by atoms with Crippen LogP contribution in [-0.2, 0) is 22.7 Å². The highest BCUT2D eigenvalue weighted by Gasteiger charge is 2.23. The van der Waals surface area contributed by atoms with Gasteiger partial charge in [-0.3, -0.25) is 10.1 Å². The first-order chi connectivity index (χ1) is 11.4. The molecule has 1 heterocycles. The Hall–Kier alpha value is -1.73. The van der Waals surface area contributed by atoms with E-state index in [0.717, 1.165) is 25.0 Å². The molecule has 1 N–H and O–H groups in total. The van der Waals surface area contributed by atoms with E-state index in [9.17, 15) is 13.2 Å². The summed E-state index contributed by atoms with van der Waals surface area (Å²) in [6.07, 6.45) is 3.04. The third kappa shape index (κ3) is 3.37. The third-order valence-corrected chi connectivity index (χ3v) is 7.07. The second kappa shape index (κ2) is 6.64. The van der Waals surface area contributed by atoms with Crippen LogP contribution in [0.15, 0.2) is 29.2 Å². The summed E-state index contributed by atoms with van der Waals surface area (Å²) in [5.74, 6) is 0.166. The lowest BCUT2D eigenvalue weighted by molar-refractivity contribution is 0.102. The van der Waals surface area contributed by atoms with E-state index < -0.39 is 15.7 Å². The molecule has 0 bridgehead atoms. The lowest BCUT2D eigenvalue weighted by Gasteiger charge is -2.15. The molecule has 1 aliphatic rings. The number of hydrogen-bond acceptors (Lipinski definition) is 5. The Balaban J connectivity index is 1.87. The van der Waals surface area contributed by atoms with Gasteiger partial charge >= 0.3 is 0 Å². The number of amides is 1. The normalized spacial score (nSPS) is 17.3. The standard InChI is InChI=1S/C17H20N2O3S2/c1-3-24(21,22)15-7-5-4-6-12(15)16(20)19-17-18-13-9-8-11(2)10-14(13)23-17/h4-7,11H,3,8-10H2,1-2H3,(H,18,19,20). The number of aromatic nitrogens is 1. The Labute approximate surface area is 146 Å². The van der Waals surface area contributed by atoms with Crippen molar-refractivity contribution in [1.82, 2.24) is 4.98 Å². The summed E-state index contributed by atoms with van der Waals surface area (Å²) in [7, 11) is -3.45. The van der Waals surface area contributed by atoms with Gasteiger partial charge in [-0.25, -0.2) is 13.4 Å². The van der Waals surface area contributed by atoms with Crippen molar-refractivity contribution in [3.05, 3.63) is 40.4 Å². The van der Waals surface area contributed by atoms with Gasteiger partial charge in [0.1, 0.15) is 0 Å². The van der Waals surface area contributed by atoms with Crippen LogP contribution in [0.2, 0.25) is 0 Å². The third-order valence-electron chi connectivity index (χ3n) is 4.25. The van der Waals surface area contributed by atoms with E-state index in [0.29, 0.717) is 11.0 Å². The summed E-state index contributed by atoms with van der Waals surface area (Å²) >= 11 is 1.49. The van der Waals surface area contributed by atoms with Gasteiger partial charge in [0.05, 0.1) is 21.9 Å². The SMILES string of the molecule is CCS(=O)(=O)c1ccccc1C(=O)Nc1nc2c(s1)CC(C)CC2. The minimum Gasteiger partial charge on any atom is -0.298 e. The van der Waals surface area contributed by atoms with Gasteiger partial charge in [0.2, 0.25) is 0 Å². The van der Waals surface area contributed by atoms with Gasteiger partial charge in [0.25, 0.3) is 5.91 Å². The lowest BCUT2D eigenvalue weighted by atomic mass is 9.93. The minimum atomic E-state index is -3.45. The highest BCUT2D eigenvalue weighted by atomic mass is 32.2. The van der Waals surface area contributed by atoms with E-state index in [1.54, 1.807) is 19.1 Å². The molecular formula is C17H20N2O3S2. The average Bonchev–Trinajstić information content (AvgIpc) is 2.96. The van der Waals surface area contributed by atoms with Gasteiger partial charge in [0.15, 0.2) is 15.0 Å². The van der Waals surface area contributed by atoms with E-state index in [-0.39, 0.29) is 16.2 Å². The van der Waals surface area contributed by atoms with E-state index in [1.165, 1.54) is 28.3 Å². The predicted molar refractivity (Wildman–Crippen MR) is 95.4 cm³/mol.